The molecule has 1 atom stereocenters. The number of nitrogens with two attached hydrogens (primary N) is 1. The zero-order chi connectivity index (χ0) is 9.26. The van der Waals surface area contributed by atoms with Crippen LogP contribution in [-0.2, 0) is 0 Å². The molecular weight excluding hydrogens is 168 g/mol. The van der Waals surface area contributed by atoms with E-state index in [0.717, 1.165) is 0 Å². The molecule has 0 amide bonds. The molecule has 4 nitrogen and oxygen atoms in total. The van der Waals surface area contributed by atoms with Crippen LogP contribution in [0.5, 0.6) is 11.5 Å². The number of amidine groups is 1. The number of para-hydroxylation sites is 2. The van der Waals surface area contributed by atoms with E-state index in [2.05, 4.69) is 0 Å². The van der Waals surface area contributed by atoms with Crippen LogP contribution in [0.15, 0.2) is 24.3 Å². The van der Waals surface area contributed by atoms with E-state index < -0.39 is 6.10 Å². The van der Waals surface area contributed by atoms with Crippen molar-refractivity contribution in [2.24, 2.45) is 5.73 Å². The SMILES string of the molecule is N=C(N)[C@@H]1COc2ccccc2O1. The molecule has 0 fully saturated rings. The third-order valence-corrected chi connectivity index (χ3v) is 1.86. The summed E-state index contributed by atoms with van der Waals surface area (Å²) in [6.45, 7) is 0.312. The molecule has 0 saturated carbocycles. The summed E-state index contributed by atoms with van der Waals surface area (Å²) in [4.78, 5) is 0. The zero-order valence-electron chi connectivity index (χ0n) is 6.99. The van der Waals surface area contributed by atoms with E-state index >= 15 is 0 Å². The Morgan fingerprint density at radius 1 is 1.38 bits per heavy atom. The fraction of sp³-hybridized carbons (Fsp3) is 0.222. The smallest absolute Gasteiger partial charge is 0.189 e. The van der Waals surface area contributed by atoms with Crippen LogP contribution in [0, 0.1) is 5.41 Å². The summed E-state index contributed by atoms with van der Waals surface area (Å²) in [6.07, 6.45) is -0.449. The van der Waals surface area contributed by atoms with Crippen LogP contribution < -0.4 is 15.2 Å². The molecular formula is C9H10N2O2. The minimum Gasteiger partial charge on any atom is -0.485 e. The second-order valence-corrected chi connectivity index (χ2v) is 2.82. The molecule has 0 radical (unpaired) electrons. The molecule has 1 aromatic carbocycles. The van der Waals surface area contributed by atoms with E-state index in [9.17, 15) is 0 Å². The quantitative estimate of drug-likeness (QED) is 0.492. The predicted octanol–water partition coefficient (Wildman–Crippen LogP) is 0.762. The van der Waals surface area contributed by atoms with E-state index in [-0.39, 0.29) is 5.84 Å². The van der Waals surface area contributed by atoms with Gasteiger partial charge in [-0.1, -0.05) is 12.1 Å². The van der Waals surface area contributed by atoms with Gasteiger partial charge in [-0.3, -0.25) is 5.41 Å². The number of hydrogen-bond donors (Lipinski definition) is 2. The molecule has 0 spiro atoms. The van der Waals surface area contributed by atoms with Crippen molar-refractivity contribution in [3.63, 3.8) is 0 Å². The molecule has 1 aliphatic rings. The highest BCUT2D eigenvalue weighted by atomic mass is 16.6. The lowest BCUT2D eigenvalue weighted by Crippen LogP contribution is -2.40. The number of fused-ring (bicyclic) bond motifs is 1. The summed E-state index contributed by atoms with van der Waals surface area (Å²) in [7, 11) is 0. The van der Waals surface area contributed by atoms with E-state index in [0.29, 0.717) is 18.1 Å². The maximum atomic E-state index is 7.20. The monoisotopic (exact) mass is 178 g/mol. The van der Waals surface area contributed by atoms with Gasteiger partial charge in [-0.05, 0) is 12.1 Å². The number of rotatable bonds is 1. The Hall–Kier alpha value is -1.71. The molecule has 1 aromatic rings. The van der Waals surface area contributed by atoms with E-state index in [1.165, 1.54) is 0 Å². The van der Waals surface area contributed by atoms with Crippen molar-refractivity contribution in [3.8, 4) is 11.5 Å². The van der Waals surface area contributed by atoms with Gasteiger partial charge in [-0.2, -0.15) is 0 Å². The number of hydrogen-bond acceptors (Lipinski definition) is 3. The summed E-state index contributed by atoms with van der Waals surface area (Å²) < 4.78 is 10.8. The van der Waals surface area contributed by atoms with Gasteiger partial charge in [0.05, 0.1) is 0 Å². The lowest BCUT2D eigenvalue weighted by atomic mass is 10.2. The van der Waals surface area contributed by atoms with Gasteiger partial charge in [-0.15, -0.1) is 0 Å². The fourth-order valence-electron chi connectivity index (χ4n) is 1.17. The maximum absolute atomic E-state index is 7.20. The van der Waals surface area contributed by atoms with Gasteiger partial charge in [0.2, 0.25) is 0 Å². The van der Waals surface area contributed by atoms with Gasteiger partial charge >= 0.3 is 0 Å². The molecule has 4 heteroatoms. The number of ether oxygens (including phenoxy) is 2. The first-order valence-electron chi connectivity index (χ1n) is 4.00. The molecule has 1 heterocycles. The van der Waals surface area contributed by atoms with Crippen molar-refractivity contribution < 1.29 is 9.47 Å². The van der Waals surface area contributed by atoms with Crippen molar-refractivity contribution in [1.29, 1.82) is 5.41 Å². The summed E-state index contributed by atoms with van der Waals surface area (Å²) >= 11 is 0. The standard InChI is InChI=1S/C9H10N2O2/c10-9(11)8-5-12-6-3-1-2-4-7(6)13-8/h1-4,8H,5H2,(H3,10,11)/t8-/m0/s1. The highest BCUT2D eigenvalue weighted by Gasteiger charge is 2.22. The van der Waals surface area contributed by atoms with Gasteiger partial charge in [0.25, 0.3) is 0 Å². The maximum Gasteiger partial charge on any atom is 0.189 e. The molecule has 0 aliphatic carbocycles. The van der Waals surface area contributed by atoms with Crippen LogP contribution in [-0.4, -0.2) is 18.5 Å². The predicted molar refractivity (Wildman–Crippen MR) is 48.3 cm³/mol. The molecule has 0 bridgehead atoms. The minimum atomic E-state index is -0.449. The lowest BCUT2D eigenvalue weighted by molar-refractivity contribution is 0.133. The van der Waals surface area contributed by atoms with Gasteiger partial charge < -0.3 is 15.2 Å². The van der Waals surface area contributed by atoms with Crippen LogP contribution in [0.25, 0.3) is 0 Å². The minimum absolute atomic E-state index is 0.00509. The molecule has 2 rings (SSSR count). The Kier molecular flexibility index (Phi) is 1.81. The Balaban J connectivity index is 2.24. The van der Waals surface area contributed by atoms with Gasteiger partial charge in [0, 0.05) is 0 Å². The van der Waals surface area contributed by atoms with E-state index in [1.54, 1.807) is 6.07 Å². The van der Waals surface area contributed by atoms with E-state index in [4.69, 9.17) is 20.6 Å². The average Bonchev–Trinajstić information content (AvgIpc) is 2.17. The van der Waals surface area contributed by atoms with Crippen molar-refractivity contribution >= 4 is 5.84 Å². The molecule has 3 N–H and O–H groups in total. The normalized spacial score (nSPS) is 19.5. The summed E-state index contributed by atoms with van der Waals surface area (Å²) in [5.41, 5.74) is 5.30. The Labute approximate surface area is 75.8 Å². The fourth-order valence-corrected chi connectivity index (χ4v) is 1.17. The van der Waals surface area contributed by atoms with Crippen molar-refractivity contribution in [2.75, 3.05) is 6.61 Å². The molecule has 0 aromatic heterocycles. The summed E-state index contributed by atoms with van der Waals surface area (Å²) in [5.74, 6) is 1.35. The largest absolute Gasteiger partial charge is 0.485 e. The van der Waals surface area contributed by atoms with Crippen LogP contribution in [0.2, 0.25) is 0 Å². The first-order chi connectivity index (χ1) is 6.27. The second-order valence-electron chi connectivity index (χ2n) is 2.82. The van der Waals surface area contributed by atoms with Gasteiger partial charge in [0.1, 0.15) is 12.4 Å². The molecule has 13 heavy (non-hydrogen) atoms. The zero-order valence-corrected chi connectivity index (χ0v) is 6.99. The topological polar surface area (TPSA) is 68.3 Å². The Morgan fingerprint density at radius 3 is 2.77 bits per heavy atom. The van der Waals surface area contributed by atoms with E-state index in [1.807, 2.05) is 18.2 Å². The van der Waals surface area contributed by atoms with Crippen molar-refractivity contribution in [2.45, 2.75) is 6.10 Å². The Bertz CT molecular complexity index is 338. The average molecular weight is 178 g/mol. The second kappa shape index (κ2) is 2.97. The van der Waals surface area contributed by atoms with Gasteiger partial charge in [0.15, 0.2) is 17.6 Å². The third-order valence-electron chi connectivity index (χ3n) is 1.86. The number of benzene rings is 1. The highest BCUT2D eigenvalue weighted by Crippen LogP contribution is 2.30. The van der Waals surface area contributed by atoms with Crippen LogP contribution in [0.1, 0.15) is 0 Å². The first kappa shape index (κ1) is 7.91. The van der Waals surface area contributed by atoms with Gasteiger partial charge in [-0.25, -0.2) is 0 Å². The third kappa shape index (κ3) is 1.42. The lowest BCUT2D eigenvalue weighted by Gasteiger charge is -2.25. The van der Waals surface area contributed by atoms with Crippen LogP contribution in [0.4, 0.5) is 0 Å². The molecule has 0 unspecified atom stereocenters. The summed E-state index contributed by atoms with van der Waals surface area (Å²) in [6, 6.07) is 7.34. The molecule has 68 valence electrons. The highest BCUT2D eigenvalue weighted by molar-refractivity contribution is 5.82. The molecule has 1 aliphatic heterocycles. The molecule has 0 saturated heterocycles. The number of nitrogens with one attached hydrogen (secondary N) is 1. The first-order valence-corrected chi connectivity index (χ1v) is 4.00. The summed E-state index contributed by atoms with van der Waals surface area (Å²) in [5, 5.41) is 7.20. The Morgan fingerprint density at radius 2 is 2.08 bits per heavy atom. The van der Waals surface area contributed by atoms with Crippen LogP contribution in [0.3, 0.4) is 0 Å². The van der Waals surface area contributed by atoms with Crippen molar-refractivity contribution in [1.82, 2.24) is 0 Å². The van der Waals surface area contributed by atoms with Crippen molar-refractivity contribution in [3.05, 3.63) is 24.3 Å². The van der Waals surface area contributed by atoms with Crippen LogP contribution >= 0.6 is 0 Å².